The van der Waals surface area contributed by atoms with Crippen molar-refractivity contribution in [2.75, 3.05) is 11.9 Å². The van der Waals surface area contributed by atoms with E-state index in [2.05, 4.69) is 10.3 Å². The van der Waals surface area contributed by atoms with Gasteiger partial charge in [0.15, 0.2) is 5.60 Å². The van der Waals surface area contributed by atoms with Crippen LogP contribution in [0.5, 0.6) is 0 Å². The summed E-state index contributed by atoms with van der Waals surface area (Å²) >= 11 is 0. The first kappa shape index (κ1) is 14.2. The van der Waals surface area contributed by atoms with Crippen molar-refractivity contribution >= 4 is 11.8 Å². The predicted molar refractivity (Wildman–Crippen MR) is 56.0 cm³/mol. The number of alkyl halides is 3. The molecule has 0 spiro atoms. The number of carbonyl (C=O) groups is 1. The standard InChI is InChI=1S/C10H11F3N2O3/c1-9(18,8(16)17)5-15-7-3-2-6(4-14-7)10(11,12)13/h2-4,18H,5H2,1H3,(H,14,15)(H,16,17). The molecule has 1 heterocycles. The van der Waals surface area contributed by atoms with E-state index in [-0.39, 0.29) is 12.4 Å². The molecule has 0 radical (unpaired) electrons. The SMILES string of the molecule is CC(O)(CNc1ccc(C(F)(F)F)cn1)C(=O)O. The van der Waals surface area contributed by atoms with E-state index in [1.54, 1.807) is 0 Å². The molecule has 8 heteroatoms. The maximum atomic E-state index is 12.2. The lowest BCUT2D eigenvalue weighted by Crippen LogP contribution is -2.41. The highest BCUT2D eigenvalue weighted by molar-refractivity contribution is 5.77. The summed E-state index contributed by atoms with van der Waals surface area (Å²) in [6.07, 6.45) is -3.85. The fraction of sp³-hybridized carbons (Fsp3) is 0.400. The highest BCUT2D eigenvalue weighted by atomic mass is 19.4. The van der Waals surface area contributed by atoms with Gasteiger partial charge in [0.1, 0.15) is 5.82 Å². The molecular formula is C10H11F3N2O3. The smallest absolute Gasteiger partial charge is 0.417 e. The van der Waals surface area contributed by atoms with Crippen molar-refractivity contribution < 1.29 is 28.2 Å². The second-order valence-corrected chi connectivity index (χ2v) is 3.86. The maximum absolute atomic E-state index is 12.2. The van der Waals surface area contributed by atoms with Crippen molar-refractivity contribution in [1.29, 1.82) is 0 Å². The number of pyridine rings is 1. The van der Waals surface area contributed by atoms with E-state index in [9.17, 15) is 23.1 Å². The molecule has 1 aromatic rings. The molecule has 0 aliphatic heterocycles. The van der Waals surface area contributed by atoms with Gasteiger partial charge in [0.2, 0.25) is 0 Å². The molecule has 0 saturated heterocycles. The van der Waals surface area contributed by atoms with Gasteiger partial charge in [-0.1, -0.05) is 0 Å². The Kier molecular flexibility index (Phi) is 3.80. The number of aliphatic hydroxyl groups is 1. The number of nitrogens with zero attached hydrogens (tertiary/aromatic N) is 1. The number of carboxylic acids is 1. The molecule has 0 aromatic carbocycles. The summed E-state index contributed by atoms with van der Waals surface area (Å²) < 4.78 is 36.7. The van der Waals surface area contributed by atoms with Crippen LogP contribution in [0.4, 0.5) is 19.0 Å². The Morgan fingerprint density at radius 2 is 2.06 bits per heavy atom. The minimum atomic E-state index is -4.47. The van der Waals surface area contributed by atoms with E-state index in [0.717, 1.165) is 19.1 Å². The van der Waals surface area contributed by atoms with Crippen molar-refractivity contribution in [2.45, 2.75) is 18.7 Å². The molecule has 1 unspecified atom stereocenters. The third-order valence-electron chi connectivity index (χ3n) is 2.17. The summed E-state index contributed by atoms with van der Waals surface area (Å²) in [5.41, 5.74) is -2.93. The van der Waals surface area contributed by atoms with Crippen LogP contribution in [0.3, 0.4) is 0 Å². The second-order valence-electron chi connectivity index (χ2n) is 3.86. The summed E-state index contributed by atoms with van der Waals surface area (Å²) in [6.45, 7) is 0.688. The van der Waals surface area contributed by atoms with Crippen LogP contribution >= 0.6 is 0 Å². The number of hydrogen-bond donors (Lipinski definition) is 3. The summed E-state index contributed by atoms with van der Waals surface area (Å²) in [5.74, 6) is -1.40. The zero-order valence-electron chi connectivity index (χ0n) is 9.32. The predicted octanol–water partition coefficient (Wildman–Crippen LogP) is 1.35. The number of anilines is 1. The van der Waals surface area contributed by atoms with Crippen molar-refractivity contribution in [3.8, 4) is 0 Å². The monoisotopic (exact) mass is 264 g/mol. The molecule has 3 N–H and O–H groups in total. The number of nitrogens with one attached hydrogen (secondary N) is 1. The van der Waals surface area contributed by atoms with Gasteiger partial charge in [0.05, 0.1) is 12.1 Å². The zero-order valence-corrected chi connectivity index (χ0v) is 9.32. The Bertz CT molecular complexity index is 429. The van der Waals surface area contributed by atoms with Gasteiger partial charge in [0.25, 0.3) is 0 Å². The zero-order chi connectivity index (χ0) is 14.0. The molecule has 1 aromatic heterocycles. The molecule has 0 aliphatic rings. The Morgan fingerprint density at radius 3 is 2.44 bits per heavy atom. The number of carboxylic acid groups (broad SMARTS) is 1. The van der Waals surface area contributed by atoms with Crippen molar-refractivity contribution in [3.63, 3.8) is 0 Å². The lowest BCUT2D eigenvalue weighted by molar-refractivity contribution is -0.155. The van der Waals surface area contributed by atoms with E-state index in [1.165, 1.54) is 0 Å². The molecular weight excluding hydrogens is 253 g/mol. The van der Waals surface area contributed by atoms with E-state index in [0.29, 0.717) is 6.20 Å². The summed E-state index contributed by atoms with van der Waals surface area (Å²) in [6, 6.07) is 1.87. The van der Waals surface area contributed by atoms with Gasteiger partial charge in [-0.2, -0.15) is 13.2 Å². The molecule has 5 nitrogen and oxygen atoms in total. The summed E-state index contributed by atoms with van der Waals surface area (Å²) in [4.78, 5) is 14.0. The third-order valence-corrected chi connectivity index (χ3v) is 2.17. The van der Waals surface area contributed by atoms with Gasteiger partial charge in [-0.05, 0) is 19.1 Å². The van der Waals surface area contributed by atoms with Crippen LogP contribution in [0.1, 0.15) is 12.5 Å². The molecule has 0 aliphatic carbocycles. The number of aliphatic carboxylic acids is 1. The lowest BCUT2D eigenvalue weighted by Gasteiger charge is -2.18. The Hall–Kier alpha value is -1.83. The average Bonchev–Trinajstić information content (AvgIpc) is 2.25. The maximum Gasteiger partial charge on any atom is 0.417 e. The van der Waals surface area contributed by atoms with Crippen molar-refractivity contribution in [2.24, 2.45) is 0 Å². The normalized spacial score (nSPS) is 14.9. The number of aromatic nitrogens is 1. The minimum Gasteiger partial charge on any atom is -0.479 e. The van der Waals surface area contributed by atoms with Gasteiger partial charge in [-0.25, -0.2) is 9.78 Å². The highest BCUT2D eigenvalue weighted by Crippen LogP contribution is 2.28. The largest absolute Gasteiger partial charge is 0.479 e. The van der Waals surface area contributed by atoms with Gasteiger partial charge >= 0.3 is 12.1 Å². The first-order valence-electron chi connectivity index (χ1n) is 4.86. The topological polar surface area (TPSA) is 82.5 Å². The third kappa shape index (κ3) is 3.59. The quantitative estimate of drug-likeness (QED) is 0.764. The van der Waals surface area contributed by atoms with Crippen LogP contribution in [-0.2, 0) is 11.0 Å². The molecule has 0 bridgehead atoms. The Morgan fingerprint density at radius 1 is 1.44 bits per heavy atom. The van der Waals surface area contributed by atoms with Gasteiger partial charge in [-0.15, -0.1) is 0 Å². The summed E-state index contributed by atoms with van der Waals surface area (Å²) in [7, 11) is 0. The van der Waals surface area contributed by atoms with Crippen LogP contribution in [0.15, 0.2) is 18.3 Å². The Labute approximate surface area is 100 Å². The van der Waals surface area contributed by atoms with Gasteiger partial charge in [0, 0.05) is 6.20 Å². The van der Waals surface area contributed by atoms with Crippen LogP contribution in [0.2, 0.25) is 0 Å². The van der Waals surface area contributed by atoms with Crippen molar-refractivity contribution in [3.05, 3.63) is 23.9 Å². The Balaban J connectivity index is 2.68. The fourth-order valence-electron chi connectivity index (χ4n) is 1.00. The minimum absolute atomic E-state index is 0.0459. The van der Waals surface area contributed by atoms with E-state index in [1.807, 2.05) is 0 Å². The second kappa shape index (κ2) is 4.81. The number of halogens is 3. The van der Waals surface area contributed by atoms with Gasteiger partial charge < -0.3 is 15.5 Å². The molecule has 100 valence electrons. The number of rotatable bonds is 4. The first-order chi connectivity index (χ1) is 8.13. The molecule has 0 saturated carbocycles. The van der Waals surface area contributed by atoms with E-state index in [4.69, 9.17) is 5.11 Å². The van der Waals surface area contributed by atoms with Crippen LogP contribution in [-0.4, -0.2) is 33.3 Å². The average molecular weight is 264 g/mol. The first-order valence-corrected chi connectivity index (χ1v) is 4.86. The highest BCUT2D eigenvalue weighted by Gasteiger charge is 2.31. The molecule has 0 fully saturated rings. The van der Waals surface area contributed by atoms with Crippen molar-refractivity contribution in [1.82, 2.24) is 4.98 Å². The van der Waals surface area contributed by atoms with E-state index < -0.39 is 23.3 Å². The lowest BCUT2D eigenvalue weighted by atomic mass is 10.1. The molecule has 1 rings (SSSR count). The summed E-state index contributed by atoms with van der Waals surface area (Å²) in [5, 5.41) is 20.4. The van der Waals surface area contributed by atoms with Crippen LogP contribution in [0, 0.1) is 0 Å². The van der Waals surface area contributed by atoms with Gasteiger partial charge in [-0.3, -0.25) is 0 Å². The fourth-order valence-corrected chi connectivity index (χ4v) is 1.00. The van der Waals surface area contributed by atoms with E-state index >= 15 is 0 Å². The van der Waals surface area contributed by atoms with Crippen LogP contribution < -0.4 is 5.32 Å². The van der Waals surface area contributed by atoms with Crippen LogP contribution in [0.25, 0.3) is 0 Å². The number of hydrogen-bond acceptors (Lipinski definition) is 4. The molecule has 1 atom stereocenters. The molecule has 0 amide bonds. The molecule has 18 heavy (non-hydrogen) atoms.